The van der Waals surface area contributed by atoms with Gasteiger partial charge in [-0.25, -0.2) is 0 Å². The minimum atomic E-state index is 0.385. The molecule has 1 heterocycles. The summed E-state index contributed by atoms with van der Waals surface area (Å²) in [5.41, 5.74) is 2.10. The van der Waals surface area contributed by atoms with Crippen LogP contribution in [0.15, 0.2) is 18.2 Å². The highest BCUT2D eigenvalue weighted by Gasteiger charge is 2.14. The van der Waals surface area contributed by atoms with E-state index in [0.717, 1.165) is 38.4 Å². The molecule has 3 nitrogen and oxygen atoms in total. The van der Waals surface area contributed by atoms with Gasteiger partial charge in [-0.05, 0) is 24.1 Å². The van der Waals surface area contributed by atoms with E-state index in [-0.39, 0.29) is 0 Å². The molecule has 0 radical (unpaired) electrons. The number of phenolic OH excluding ortho intramolecular Hbond substituents is 1. The Morgan fingerprint density at radius 1 is 1.33 bits per heavy atom. The molecule has 0 spiro atoms. The lowest BCUT2D eigenvalue weighted by molar-refractivity contribution is 0.122. The van der Waals surface area contributed by atoms with Gasteiger partial charge in [-0.3, -0.25) is 0 Å². The summed E-state index contributed by atoms with van der Waals surface area (Å²) in [4.78, 5) is 2.16. The standard InChI is InChI=1S/C12H17NO2/c1-2-10-3-4-11(12(14)9-10)13-5-7-15-8-6-13/h3-4,9,14H,2,5-8H2,1H3. The lowest BCUT2D eigenvalue weighted by Gasteiger charge is -2.29. The molecule has 0 amide bonds. The molecular weight excluding hydrogens is 190 g/mol. The molecule has 1 aliphatic heterocycles. The van der Waals surface area contributed by atoms with E-state index in [1.165, 1.54) is 5.56 Å². The second-order valence-electron chi connectivity index (χ2n) is 3.78. The third kappa shape index (κ3) is 2.23. The van der Waals surface area contributed by atoms with Crippen molar-refractivity contribution in [3.8, 4) is 5.75 Å². The van der Waals surface area contributed by atoms with Gasteiger partial charge < -0.3 is 14.7 Å². The number of aromatic hydroxyl groups is 1. The molecule has 82 valence electrons. The van der Waals surface area contributed by atoms with E-state index in [9.17, 15) is 5.11 Å². The number of rotatable bonds is 2. The van der Waals surface area contributed by atoms with Crippen LogP contribution < -0.4 is 4.90 Å². The highest BCUT2D eigenvalue weighted by Crippen LogP contribution is 2.28. The first-order valence-corrected chi connectivity index (χ1v) is 5.46. The summed E-state index contributed by atoms with van der Waals surface area (Å²) in [6, 6.07) is 5.93. The summed E-state index contributed by atoms with van der Waals surface area (Å²) in [5, 5.41) is 9.89. The molecule has 0 saturated carbocycles. The van der Waals surface area contributed by atoms with Crippen molar-refractivity contribution in [2.75, 3.05) is 31.2 Å². The molecule has 1 aromatic carbocycles. The predicted molar refractivity (Wildman–Crippen MR) is 60.5 cm³/mol. The van der Waals surface area contributed by atoms with Crippen LogP contribution in [0.4, 0.5) is 5.69 Å². The van der Waals surface area contributed by atoms with Gasteiger partial charge in [0, 0.05) is 13.1 Å². The van der Waals surface area contributed by atoms with E-state index < -0.39 is 0 Å². The largest absolute Gasteiger partial charge is 0.506 e. The number of anilines is 1. The van der Waals surface area contributed by atoms with E-state index in [4.69, 9.17) is 4.74 Å². The molecule has 0 aromatic heterocycles. The molecule has 0 unspecified atom stereocenters. The van der Waals surface area contributed by atoms with Crippen LogP contribution in [0.2, 0.25) is 0 Å². The number of morpholine rings is 1. The van der Waals surface area contributed by atoms with Crippen LogP contribution in [0.3, 0.4) is 0 Å². The summed E-state index contributed by atoms with van der Waals surface area (Å²) in [5.74, 6) is 0.385. The van der Waals surface area contributed by atoms with Crippen LogP contribution in [-0.2, 0) is 11.2 Å². The minimum absolute atomic E-state index is 0.385. The zero-order valence-electron chi connectivity index (χ0n) is 9.07. The quantitative estimate of drug-likeness (QED) is 0.802. The Hall–Kier alpha value is -1.22. The first-order chi connectivity index (χ1) is 7.31. The van der Waals surface area contributed by atoms with E-state index in [1.807, 2.05) is 12.1 Å². The van der Waals surface area contributed by atoms with Gasteiger partial charge in [0.2, 0.25) is 0 Å². The Morgan fingerprint density at radius 3 is 2.67 bits per heavy atom. The zero-order valence-corrected chi connectivity index (χ0v) is 9.07. The maximum absolute atomic E-state index is 9.89. The van der Waals surface area contributed by atoms with Crippen LogP contribution in [0, 0.1) is 0 Å². The number of ether oxygens (including phenoxy) is 1. The number of hydrogen-bond donors (Lipinski definition) is 1. The average Bonchev–Trinajstić information content (AvgIpc) is 2.30. The van der Waals surface area contributed by atoms with Gasteiger partial charge in [-0.2, -0.15) is 0 Å². The molecule has 1 aromatic rings. The molecule has 1 fully saturated rings. The lowest BCUT2D eigenvalue weighted by Crippen LogP contribution is -2.36. The Balaban J connectivity index is 2.19. The summed E-state index contributed by atoms with van der Waals surface area (Å²) in [7, 11) is 0. The van der Waals surface area contributed by atoms with Gasteiger partial charge >= 0.3 is 0 Å². The van der Waals surface area contributed by atoms with Crippen molar-refractivity contribution in [1.82, 2.24) is 0 Å². The smallest absolute Gasteiger partial charge is 0.139 e. The van der Waals surface area contributed by atoms with Crippen molar-refractivity contribution < 1.29 is 9.84 Å². The first kappa shape index (κ1) is 10.3. The van der Waals surface area contributed by atoms with Gasteiger partial charge in [0.1, 0.15) is 5.75 Å². The molecule has 1 saturated heterocycles. The topological polar surface area (TPSA) is 32.7 Å². The summed E-state index contributed by atoms with van der Waals surface area (Å²) < 4.78 is 5.28. The number of aryl methyl sites for hydroxylation is 1. The van der Waals surface area contributed by atoms with Gasteiger partial charge in [-0.15, -0.1) is 0 Å². The monoisotopic (exact) mass is 207 g/mol. The first-order valence-electron chi connectivity index (χ1n) is 5.46. The fourth-order valence-corrected chi connectivity index (χ4v) is 1.86. The molecular formula is C12H17NO2. The van der Waals surface area contributed by atoms with Gasteiger partial charge in [0.05, 0.1) is 18.9 Å². The second kappa shape index (κ2) is 4.53. The predicted octanol–water partition coefficient (Wildman–Crippen LogP) is 1.79. The van der Waals surface area contributed by atoms with Crippen LogP contribution in [0.5, 0.6) is 5.75 Å². The highest BCUT2D eigenvalue weighted by atomic mass is 16.5. The molecule has 0 aliphatic carbocycles. The normalized spacial score (nSPS) is 16.7. The number of hydrogen-bond acceptors (Lipinski definition) is 3. The van der Waals surface area contributed by atoms with Crippen molar-refractivity contribution in [2.24, 2.45) is 0 Å². The Labute approximate surface area is 90.3 Å². The summed E-state index contributed by atoms with van der Waals surface area (Å²) >= 11 is 0. The van der Waals surface area contributed by atoms with Crippen molar-refractivity contribution in [1.29, 1.82) is 0 Å². The molecule has 15 heavy (non-hydrogen) atoms. The van der Waals surface area contributed by atoms with E-state index in [2.05, 4.69) is 17.9 Å². The van der Waals surface area contributed by atoms with Crippen molar-refractivity contribution in [3.63, 3.8) is 0 Å². The third-order valence-corrected chi connectivity index (χ3v) is 2.80. The Morgan fingerprint density at radius 2 is 2.07 bits per heavy atom. The van der Waals surface area contributed by atoms with Crippen molar-refractivity contribution in [2.45, 2.75) is 13.3 Å². The molecule has 0 bridgehead atoms. The maximum atomic E-state index is 9.89. The number of phenols is 1. The molecule has 0 atom stereocenters. The van der Waals surface area contributed by atoms with Gasteiger partial charge in [0.25, 0.3) is 0 Å². The second-order valence-corrected chi connectivity index (χ2v) is 3.78. The van der Waals surface area contributed by atoms with Crippen LogP contribution in [0.1, 0.15) is 12.5 Å². The molecule has 3 heteroatoms. The van der Waals surface area contributed by atoms with Crippen LogP contribution in [-0.4, -0.2) is 31.4 Å². The van der Waals surface area contributed by atoms with E-state index in [1.54, 1.807) is 0 Å². The Bertz CT molecular complexity index is 332. The molecule has 1 N–H and O–H groups in total. The molecule has 1 aliphatic rings. The van der Waals surface area contributed by atoms with Gasteiger partial charge in [0.15, 0.2) is 0 Å². The van der Waals surface area contributed by atoms with Crippen LogP contribution in [0.25, 0.3) is 0 Å². The minimum Gasteiger partial charge on any atom is -0.506 e. The SMILES string of the molecule is CCc1ccc(N2CCOCC2)c(O)c1. The summed E-state index contributed by atoms with van der Waals surface area (Å²) in [6.45, 7) is 5.30. The Kier molecular flexibility index (Phi) is 3.11. The van der Waals surface area contributed by atoms with Gasteiger partial charge in [-0.1, -0.05) is 13.0 Å². The molecule has 2 rings (SSSR count). The summed E-state index contributed by atoms with van der Waals surface area (Å²) in [6.07, 6.45) is 0.955. The zero-order chi connectivity index (χ0) is 10.7. The van der Waals surface area contributed by atoms with E-state index >= 15 is 0 Å². The van der Waals surface area contributed by atoms with E-state index in [0.29, 0.717) is 5.75 Å². The maximum Gasteiger partial charge on any atom is 0.139 e. The fraction of sp³-hybridized carbons (Fsp3) is 0.500. The van der Waals surface area contributed by atoms with Crippen molar-refractivity contribution in [3.05, 3.63) is 23.8 Å². The average molecular weight is 207 g/mol. The third-order valence-electron chi connectivity index (χ3n) is 2.80. The number of benzene rings is 1. The van der Waals surface area contributed by atoms with Crippen LogP contribution >= 0.6 is 0 Å². The fourth-order valence-electron chi connectivity index (χ4n) is 1.86. The lowest BCUT2D eigenvalue weighted by atomic mass is 10.1. The number of nitrogens with zero attached hydrogens (tertiary/aromatic N) is 1. The van der Waals surface area contributed by atoms with Crippen molar-refractivity contribution >= 4 is 5.69 Å². The highest BCUT2D eigenvalue weighted by molar-refractivity contribution is 5.59.